The van der Waals surface area contributed by atoms with E-state index in [9.17, 15) is 0 Å². The van der Waals surface area contributed by atoms with Crippen molar-refractivity contribution >= 4 is 11.4 Å². The van der Waals surface area contributed by atoms with E-state index in [0.717, 1.165) is 18.4 Å². The van der Waals surface area contributed by atoms with Crippen LogP contribution in [0.5, 0.6) is 0 Å². The quantitative estimate of drug-likeness (QED) is 0.644. The van der Waals surface area contributed by atoms with Crippen LogP contribution in [0.4, 0.5) is 0 Å². The van der Waals surface area contributed by atoms with Crippen LogP contribution in [0, 0.1) is 11.8 Å². The molecule has 18 heavy (non-hydrogen) atoms. The van der Waals surface area contributed by atoms with Gasteiger partial charge in [-0.1, -0.05) is 12.8 Å². The molecule has 2 aliphatic carbocycles. The molecule has 98 valence electrons. The molecule has 0 aromatic carbocycles. The van der Waals surface area contributed by atoms with E-state index in [2.05, 4.69) is 5.01 Å². The summed E-state index contributed by atoms with van der Waals surface area (Å²) in [6.07, 6.45) is 12.4. The maximum Gasteiger partial charge on any atom is 0.137 e. The van der Waals surface area contributed by atoms with Crippen molar-refractivity contribution in [1.29, 1.82) is 0 Å². The van der Waals surface area contributed by atoms with Crippen molar-refractivity contribution in [1.82, 2.24) is 5.01 Å². The maximum atomic E-state index is 5.03. The summed E-state index contributed by atoms with van der Waals surface area (Å²) in [6, 6.07) is 0. The smallest absolute Gasteiger partial charge is 0.137 e. The Morgan fingerprint density at radius 1 is 0.833 bits per heavy atom. The second-order valence-electron chi connectivity index (χ2n) is 6.47. The van der Waals surface area contributed by atoms with Gasteiger partial charge in [0, 0.05) is 6.54 Å². The lowest BCUT2D eigenvalue weighted by molar-refractivity contribution is 0.152. The van der Waals surface area contributed by atoms with Crippen LogP contribution < -0.4 is 0 Å². The van der Waals surface area contributed by atoms with E-state index in [1.807, 2.05) is 0 Å². The number of aliphatic imine (C=N–C) groups is 1. The largest absolute Gasteiger partial charge is 0.272 e. The Balaban J connectivity index is 1.59. The highest BCUT2D eigenvalue weighted by Crippen LogP contribution is 2.40. The number of hydrogen-bond acceptors (Lipinski definition) is 3. The summed E-state index contributed by atoms with van der Waals surface area (Å²) < 4.78 is 0. The summed E-state index contributed by atoms with van der Waals surface area (Å²) in [6.45, 7) is 1.12. The lowest BCUT2D eigenvalue weighted by atomic mass is 9.69. The molecule has 0 aromatic rings. The van der Waals surface area contributed by atoms with Crippen LogP contribution in [0.3, 0.4) is 0 Å². The van der Waals surface area contributed by atoms with Crippen molar-refractivity contribution in [3.05, 3.63) is 0 Å². The minimum absolute atomic E-state index is 0.387. The fourth-order valence-corrected chi connectivity index (χ4v) is 4.26. The molecule has 0 amide bonds. The highest BCUT2D eigenvalue weighted by molar-refractivity contribution is 6.43. The van der Waals surface area contributed by atoms with Gasteiger partial charge in [0.2, 0.25) is 0 Å². The zero-order chi connectivity index (χ0) is 11.9. The van der Waals surface area contributed by atoms with Gasteiger partial charge in [0.05, 0.1) is 11.4 Å². The molecule has 3 unspecified atom stereocenters. The molecule has 2 heterocycles. The molecule has 3 heteroatoms. The average molecular weight is 245 g/mol. The van der Waals surface area contributed by atoms with E-state index in [1.165, 1.54) is 69.2 Å². The summed E-state index contributed by atoms with van der Waals surface area (Å²) in [5.74, 6) is 1.84. The minimum atomic E-state index is 0.387. The highest BCUT2D eigenvalue weighted by atomic mass is 15.5. The predicted molar refractivity (Wildman–Crippen MR) is 73.9 cm³/mol. The Bertz CT molecular complexity index is 361. The van der Waals surface area contributed by atoms with Gasteiger partial charge >= 0.3 is 0 Å². The summed E-state index contributed by atoms with van der Waals surface area (Å²) in [7, 11) is 0. The average Bonchev–Trinajstić information content (AvgIpc) is 2.42. The fourth-order valence-electron chi connectivity index (χ4n) is 4.26. The summed E-state index contributed by atoms with van der Waals surface area (Å²) in [5, 5.41) is 7.21. The molecule has 1 saturated heterocycles. The van der Waals surface area contributed by atoms with E-state index in [0.29, 0.717) is 6.17 Å². The highest BCUT2D eigenvalue weighted by Gasteiger charge is 2.37. The van der Waals surface area contributed by atoms with Gasteiger partial charge in [0.25, 0.3) is 0 Å². The first kappa shape index (κ1) is 11.0. The van der Waals surface area contributed by atoms with Gasteiger partial charge in [-0.3, -0.25) is 10.0 Å². The molecule has 0 bridgehead atoms. The molecule has 2 saturated carbocycles. The van der Waals surface area contributed by atoms with Gasteiger partial charge < -0.3 is 0 Å². The minimum Gasteiger partial charge on any atom is -0.272 e. The number of nitrogens with zero attached hydrogens (tertiary/aromatic N) is 3. The zero-order valence-electron chi connectivity index (χ0n) is 11.1. The molecule has 0 N–H and O–H groups in total. The Kier molecular flexibility index (Phi) is 2.66. The van der Waals surface area contributed by atoms with Crippen LogP contribution in [-0.2, 0) is 0 Å². The molecule has 0 spiro atoms. The van der Waals surface area contributed by atoms with Crippen LogP contribution in [0.25, 0.3) is 0 Å². The summed E-state index contributed by atoms with van der Waals surface area (Å²) in [5.41, 5.74) is 2.72. The van der Waals surface area contributed by atoms with E-state index < -0.39 is 0 Å². The molecule has 4 rings (SSSR count). The van der Waals surface area contributed by atoms with E-state index >= 15 is 0 Å². The van der Waals surface area contributed by atoms with E-state index in [1.54, 1.807) is 0 Å². The van der Waals surface area contributed by atoms with E-state index in [4.69, 9.17) is 10.1 Å². The molecule has 3 fully saturated rings. The van der Waals surface area contributed by atoms with Crippen LogP contribution >= 0.6 is 0 Å². The fraction of sp³-hybridized carbons (Fsp3) is 0.867. The number of hydrogen-bond donors (Lipinski definition) is 0. The molecule has 0 aromatic heterocycles. The third-order valence-corrected chi connectivity index (χ3v) is 5.31. The first-order valence-corrected chi connectivity index (χ1v) is 7.81. The van der Waals surface area contributed by atoms with Crippen molar-refractivity contribution in [3.63, 3.8) is 0 Å². The van der Waals surface area contributed by atoms with Crippen molar-refractivity contribution in [2.24, 2.45) is 21.9 Å². The van der Waals surface area contributed by atoms with Crippen molar-refractivity contribution in [2.75, 3.05) is 6.54 Å². The van der Waals surface area contributed by atoms with Gasteiger partial charge in [-0.2, -0.15) is 5.10 Å². The second kappa shape index (κ2) is 4.36. The molecule has 4 aliphatic rings. The van der Waals surface area contributed by atoms with E-state index in [-0.39, 0.29) is 0 Å². The summed E-state index contributed by atoms with van der Waals surface area (Å²) in [4.78, 5) is 5.03. The predicted octanol–water partition coefficient (Wildman–Crippen LogP) is 3.21. The normalized spacial score (nSPS) is 39.1. The molecule has 3 atom stereocenters. The molecular formula is C15H23N3. The lowest BCUT2D eigenvalue weighted by Crippen LogP contribution is -2.44. The topological polar surface area (TPSA) is 28.0 Å². The molecule has 3 nitrogen and oxygen atoms in total. The zero-order valence-corrected chi connectivity index (χ0v) is 11.1. The third kappa shape index (κ3) is 1.79. The summed E-state index contributed by atoms with van der Waals surface area (Å²) >= 11 is 0. The standard InChI is InChI=1S/C15H23N3/c1-2-6-12-10-14-13(9-11(12)5-1)16-15-7-3-4-8-18(15)17-14/h11-12,15H,1-10H2. The third-order valence-electron chi connectivity index (χ3n) is 5.31. The Morgan fingerprint density at radius 3 is 2.39 bits per heavy atom. The first-order chi connectivity index (χ1) is 8.90. The van der Waals surface area contributed by atoms with Gasteiger partial charge in [-0.25, -0.2) is 0 Å². The molecule has 2 aliphatic heterocycles. The second-order valence-corrected chi connectivity index (χ2v) is 6.47. The Labute approximate surface area is 109 Å². The van der Waals surface area contributed by atoms with Crippen molar-refractivity contribution < 1.29 is 0 Å². The van der Waals surface area contributed by atoms with Crippen molar-refractivity contribution in [2.45, 2.75) is 64.0 Å². The lowest BCUT2D eigenvalue weighted by Gasteiger charge is -2.41. The monoisotopic (exact) mass is 245 g/mol. The van der Waals surface area contributed by atoms with Gasteiger partial charge in [0.1, 0.15) is 6.17 Å². The number of piperidine rings is 1. The van der Waals surface area contributed by atoms with Crippen LogP contribution in [-0.4, -0.2) is 29.1 Å². The van der Waals surface area contributed by atoms with Gasteiger partial charge in [-0.15, -0.1) is 0 Å². The van der Waals surface area contributed by atoms with Gasteiger partial charge in [0.15, 0.2) is 0 Å². The first-order valence-electron chi connectivity index (χ1n) is 7.81. The maximum absolute atomic E-state index is 5.03. The van der Waals surface area contributed by atoms with Crippen LogP contribution in [0.2, 0.25) is 0 Å². The SMILES string of the molecule is C1CCC2CC3=NN4CCCCC4N=C3CC2C1. The molecule has 0 radical (unpaired) electrons. The molecular weight excluding hydrogens is 222 g/mol. The Hall–Kier alpha value is -0.860. The van der Waals surface area contributed by atoms with Crippen LogP contribution in [0.1, 0.15) is 57.8 Å². The number of rotatable bonds is 0. The van der Waals surface area contributed by atoms with Gasteiger partial charge in [-0.05, 0) is 56.8 Å². The van der Waals surface area contributed by atoms with Crippen LogP contribution in [0.15, 0.2) is 10.1 Å². The number of hydrazone groups is 1. The van der Waals surface area contributed by atoms with Crippen molar-refractivity contribution in [3.8, 4) is 0 Å². The number of fused-ring (bicyclic) bond motifs is 3. The Morgan fingerprint density at radius 2 is 1.56 bits per heavy atom.